The van der Waals surface area contributed by atoms with E-state index in [1.54, 1.807) is 0 Å². The largest absolute Gasteiger partial charge is 0.381 e. The monoisotopic (exact) mass is 260 g/mol. The second-order valence-corrected chi connectivity index (χ2v) is 4.35. The third kappa shape index (κ3) is 17.8. The molecule has 0 fully saturated rings. The Morgan fingerprint density at radius 2 is 1.83 bits per heavy atom. The average Bonchev–Trinajstić information content (AvgIpc) is 2.36. The van der Waals surface area contributed by atoms with Crippen LogP contribution in [0.15, 0.2) is 0 Å². The summed E-state index contributed by atoms with van der Waals surface area (Å²) in [6, 6.07) is 0. The third-order valence-electron chi connectivity index (χ3n) is 2.23. The van der Waals surface area contributed by atoms with Crippen molar-refractivity contribution in [2.45, 2.75) is 47.0 Å². The minimum Gasteiger partial charge on any atom is -0.381 e. The first-order chi connectivity index (χ1) is 8.66. The minimum atomic E-state index is 0.114. The van der Waals surface area contributed by atoms with Gasteiger partial charge in [0.05, 0.1) is 0 Å². The SMILES string of the molecule is CC.CNCCNC(=O)CCCOCCC(C)C. The standard InChI is InChI=1S/C12H26N2O2.C2H6/c1-11(2)6-10-16-9-4-5-12(15)14-8-7-13-3;1-2/h11,13H,4-10H2,1-3H3,(H,14,15);1-2H3. The zero-order chi connectivity index (χ0) is 14.2. The van der Waals surface area contributed by atoms with E-state index in [4.69, 9.17) is 4.74 Å². The van der Waals surface area contributed by atoms with Gasteiger partial charge in [0.2, 0.25) is 5.91 Å². The summed E-state index contributed by atoms with van der Waals surface area (Å²) in [7, 11) is 1.87. The Bertz CT molecular complexity index is 173. The van der Waals surface area contributed by atoms with Crippen LogP contribution in [0.2, 0.25) is 0 Å². The van der Waals surface area contributed by atoms with E-state index < -0.39 is 0 Å². The molecular formula is C14H32N2O2. The van der Waals surface area contributed by atoms with E-state index in [0.717, 1.165) is 26.0 Å². The van der Waals surface area contributed by atoms with Crippen molar-refractivity contribution in [1.29, 1.82) is 0 Å². The molecule has 0 unspecified atom stereocenters. The van der Waals surface area contributed by atoms with Gasteiger partial charge in [-0.2, -0.15) is 0 Å². The van der Waals surface area contributed by atoms with E-state index in [0.29, 0.717) is 25.5 Å². The van der Waals surface area contributed by atoms with Crippen molar-refractivity contribution in [2.24, 2.45) is 5.92 Å². The first-order valence-electron chi connectivity index (χ1n) is 7.16. The van der Waals surface area contributed by atoms with Crippen LogP contribution >= 0.6 is 0 Å². The molecule has 2 N–H and O–H groups in total. The first kappa shape index (κ1) is 19.7. The van der Waals surface area contributed by atoms with Gasteiger partial charge in [0, 0.05) is 32.7 Å². The molecule has 0 atom stereocenters. The molecule has 0 aliphatic rings. The number of amides is 1. The summed E-state index contributed by atoms with van der Waals surface area (Å²) in [5, 5.41) is 5.81. The van der Waals surface area contributed by atoms with Crippen LogP contribution in [0.3, 0.4) is 0 Å². The van der Waals surface area contributed by atoms with Crippen LogP contribution < -0.4 is 10.6 Å². The van der Waals surface area contributed by atoms with E-state index >= 15 is 0 Å². The van der Waals surface area contributed by atoms with Crippen LogP contribution in [-0.4, -0.2) is 39.3 Å². The molecule has 18 heavy (non-hydrogen) atoms. The fourth-order valence-corrected chi connectivity index (χ4v) is 1.17. The van der Waals surface area contributed by atoms with E-state index in [1.807, 2.05) is 20.9 Å². The van der Waals surface area contributed by atoms with Gasteiger partial charge < -0.3 is 15.4 Å². The highest BCUT2D eigenvalue weighted by Crippen LogP contribution is 1.99. The summed E-state index contributed by atoms with van der Waals surface area (Å²) in [4.78, 5) is 11.3. The van der Waals surface area contributed by atoms with Gasteiger partial charge in [0.25, 0.3) is 0 Å². The first-order valence-corrected chi connectivity index (χ1v) is 7.16. The Hall–Kier alpha value is -0.610. The molecule has 110 valence electrons. The molecule has 0 aromatic carbocycles. The van der Waals surface area contributed by atoms with E-state index in [2.05, 4.69) is 24.5 Å². The lowest BCUT2D eigenvalue weighted by atomic mass is 10.1. The van der Waals surface area contributed by atoms with Gasteiger partial charge in [-0.05, 0) is 25.8 Å². The van der Waals surface area contributed by atoms with E-state index in [1.165, 1.54) is 0 Å². The molecule has 1 amide bonds. The van der Waals surface area contributed by atoms with Crippen molar-refractivity contribution in [3.63, 3.8) is 0 Å². The third-order valence-corrected chi connectivity index (χ3v) is 2.23. The molecule has 0 saturated heterocycles. The normalized spacial score (nSPS) is 9.89. The summed E-state index contributed by atoms with van der Waals surface area (Å²) >= 11 is 0. The van der Waals surface area contributed by atoms with Crippen LogP contribution in [0.1, 0.15) is 47.0 Å². The van der Waals surface area contributed by atoms with Crippen LogP contribution in [0.25, 0.3) is 0 Å². The molecule has 0 aromatic heterocycles. The summed E-state index contributed by atoms with van der Waals surface area (Å²) in [5.74, 6) is 0.799. The lowest BCUT2D eigenvalue weighted by molar-refractivity contribution is -0.121. The molecule has 0 rings (SSSR count). The van der Waals surface area contributed by atoms with Gasteiger partial charge in [0.1, 0.15) is 0 Å². The minimum absolute atomic E-state index is 0.114. The summed E-state index contributed by atoms with van der Waals surface area (Å²) in [6.07, 6.45) is 2.46. The number of rotatable bonds is 10. The Balaban J connectivity index is 0. The number of nitrogens with one attached hydrogen (secondary N) is 2. The highest BCUT2D eigenvalue weighted by Gasteiger charge is 2.00. The molecule has 0 aromatic rings. The Labute approximate surface area is 113 Å². The predicted molar refractivity (Wildman–Crippen MR) is 77.8 cm³/mol. The Kier molecular flexibility index (Phi) is 18.0. The van der Waals surface area contributed by atoms with Gasteiger partial charge in [-0.1, -0.05) is 27.7 Å². The second kappa shape index (κ2) is 16.4. The predicted octanol–water partition coefficient (Wildman–Crippen LogP) is 2.19. The molecule has 4 heteroatoms. The number of hydrogen-bond acceptors (Lipinski definition) is 3. The molecule has 0 radical (unpaired) electrons. The maximum atomic E-state index is 11.3. The highest BCUT2D eigenvalue weighted by atomic mass is 16.5. The molecular weight excluding hydrogens is 228 g/mol. The number of hydrogen-bond donors (Lipinski definition) is 2. The fourth-order valence-electron chi connectivity index (χ4n) is 1.17. The van der Waals surface area contributed by atoms with Gasteiger partial charge in [-0.3, -0.25) is 4.79 Å². The molecule has 0 aliphatic heterocycles. The summed E-state index contributed by atoms with van der Waals surface area (Å²) in [5.41, 5.74) is 0. The lowest BCUT2D eigenvalue weighted by Crippen LogP contribution is -2.30. The van der Waals surface area contributed by atoms with Crippen molar-refractivity contribution in [2.75, 3.05) is 33.4 Å². The lowest BCUT2D eigenvalue weighted by Gasteiger charge is -2.07. The van der Waals surface area contributed by atoms with Crippen LogP contribution in [0, 0.1) is 5.92 Å². The van der Waals surface area contributed by atoms with Crippen molar-refractivity contribution in [3.05, 3.63) is 0 Å². The van der Waals surface area contributed by atoms with Crippen LogP contribution in [0.5, 0.6) is 0 Å². The van der Waals surface area contributed by atoms with Crippen LogP contribution in [0.4, 0.5) is 0 Å². The molecule has 0 saturated carbocycles. The molecule has 0 aliphatic carbocycles. The smallest absolute Gasteiger partial charge is 0.220 e. The molecule has 0 spiro atoms. The van der Waals surface area contributed by atoms with Gasteiger partial charge in [-0.25, -0.2) is 0 Å². The van der Waals surface area contributed by atoms with Gasteiger partial charge in [0.15, 0.2) is 0 Å². The number of likely N-dealkylation sites (N-methyl/N-ethyl adjacent to an activating group) is 1. The number of carbonyl (C=O) groups is 1. The van der Waals surface area contributed by atoms with E-state index in [-0.39, 0.29) is 5.91 Å². The number of carbonyl (C=O) groups excluding carboxylic acids is 1. The van der Waals surface area contributed by atoms with Crippen molar-refractivity contribution < 1.29 is 9.53 Å². The molecule has 0 heterocycles. The number of ether oxygens (including phenoxy) is 1. The van der Waals surface area contributed by atoms with Crippen molar-refractivity contribution in [1.82, 2.24) is 10.6 Å². The maximum Gasteiger partial charge on any atom is 0.220 e. The zero-order valence-corrected chi connectivity index (χ0v) is 12.8. The van der Waals surface area contributed by atoms with Crippen molar-refractivity contribution >= 4 is 5.91 Å². The summed E-state index contributed by atoms with van der Waals surface area (Å²) in [6.45, 7) is 11.4. The fraction of sp³-hybridized carbons (Fsp3) is 0.929. The van der Waals surface area contributed by atoms with Crippen LogP contribution in [-0.2, 0) is 9.53 Å². The summed E-state index contributed by atoms with van der Waals surface area (Å²) < 4.78 is 5.43. The highest BCUT2D eigenvalue weighted by molar-refractivity contribution is 5.75. The van der Waals surface area contributed by atoms with Gasteiger partial charge >= 0.3 is 0 Å². The Morgan fingerprint density at radius 3 is 2.39 bits per heavy atom. The molecule has 0 bridgehead atoms. The van der Waals surface area contributed by atoms with Gasteiger partial charge in [-0.15, -0.1) is 0 Å². The topological polar surface area (TPSA) is 50.4 Å². The molecule has 4 nitrogen and oxygen atoms in total. The Morgan fingerprint density at radius 1 is 1.17 bits per heavy atom. The quantitative estimate of drug-likeness (QED) is 0.592. The van der Waals surface area contributed by atoms with E-state index in [9.17, 15) is 4.79 Å². The second-order valence-electron chi connectivity index (χ2n) is 4.35. The zero-order valence-electron chi connectivity index (χ0n) is 12.8. The maximum absolute atomic E-state index is 11.3. The average molecular weight is 260 g/mol. The van der Waals surface area contributed by atoms with Crippen molar-refractivity contribution in [3.8, 4) is 0 Å².